The predicted molar refractivity (Wildman–Crippen MR) is 146 cm³/mol. The molecule has 3 amide bonds. The first-order valence-corrected chi connectivity index (χ1v) is 12.6. The van der Waals surface area contributed by atoms with E-state index in [1.165, 1.54) is 24.5 Å². The first-order valence-electron chi connectivity index (χ1n) is 12.6. The van der Waals surface area contributed by atoms with Crippen molar-refractivity contribution in [3.8, 4) is 5.75 Å². The monoisotopic (exact) mass is 539 g/mol. The maximum Gasteiger partial charge on any atom is 0.326 e. The fourth-order valence-electron chi connectivity index (χ4n) is 3.67. The van der Waals surface area contributed by atoms with E-state index in [4.69, 9.17) is 5.73 Å². The summed E-state index contributed by atoms with van der Waals surface area (Å²) in [6.45, 7) is 3.44. The van der Waals surface area contributed by atoms with Gasteiger partial charge in [-0.1, -0.05) is 56.3 Å². The van der Waals surface area contributed by atoms with E-state index in [9.17, 15) is 29.4 Å². The van der Waals surface area contributed by atoms with Crippen LogP contribution in [0.5, 0.6) is 5.75 Å². The van der Waals surface area contributed by atoms with Crippen molar-refractivity contribution in [1.29, 1.82) is 0 Å². The molecule has 8 N–H and O–H groups in total. The lowest BCUT2D eigenvalue weighted by Gasteiger charge is -2.22. The molecular weight excluding hydrogens is 502 g/mol. The zero-order chi connectivity index (χ0) is 28.8. The number of phenols is 1. The van der Waals surface area contributed by atoms with Gasteiger partial charge in [0.25, 0.3) is 0 Å². The number of phenolic OH excluding ortho intramolecular Hbond substituents is 1. The number of nitrogens with one attached hydrogen (secondary N) is 4. The number of carboxylic acids is 1. The molecule has 0 bridgehead atoms. The van der Waals surface area contributed by atoms with Crippen LogP contribution in [0, 0.1) is 5.92 Å². The van der Waals surface area contributed by atoms with Crippen molar-refractivity contribution in [2.75, 3.05) is 6.54 Å². The summed E-state index contributed by atoms with van der Waals surface area (Å²) in [5, 5.41) is 29.3. The molecule has 11 heteroatoms. The molecule has 0 spiro atoms. The normalized spacial score (nSPS) is 13.3. The number of aliphatic carboxylic acids is 1. The number of carbonyl (C=O) groups excluding carboxylic acids is 3. The molecule has 2 rings (SSSR count). The van der Waals surface area contributed by atoms with Gasteiger partial charge in [0.2, 0.25) is 17.7 Å². The van der Waals surface area contributed by atoms with Crippen LogP contribution in [0.3, 0.4) is 0 Å². The lowest BCUT2D eigenvalue weighted by molar-refractivity contribution is -0.142. The first-order chi connectivity index (χ1) is 18.5. The fourth-order valence-corrected chi connectivity index (χ4v) is 3.67. The molecule has 0 saturated carbocycles. The highest BCUT2D eigenvalue weighted by Crippen LogP contribution is 2.11. The third-order valence-electron chi connectivity index (χ3n) is 5.70. The minimum atomic E-state index is -1.11. The zero-order valence-electron chi connectivity index (χ0n) is 22.1. The number of carboxylic acid groups (broad SMARTS) is 1. The molecule has 0 unspecified atom stereocenters. The number of hydrogen-bond acceptors (Lipinski definition) is 7. The minimum absolute atomic E-state index is 0.0740. The highest BCUT2D eigenvalue weighted by atomic mass is 16.4. The number of rotatable bonds is 15. The Kier molecular flexibility index (Phi) is 12.5. The average molecular weight is 540 g/mol. The fraction of sp³-hybridized carbons (Fsp3) is 0.357. The van der Waals surface area contributed by atoms with E-state index in [1.54, 1.807) is 12.1 Å². The highest BCUT2D eigenvalue weighted by Gasteiger charge is 2.25. The van der Waals surface area contributed by atoms with Gasteiger partial charge in [0, 0.05) is 18.8 Å². The summed E-state index contributed by atoms with van der Waals surface area (Å²) in [6.07, 6.45) is 3.48. The van der Waals surface area contributed by atoms with E-state index < -0.39 is 41.8 Å². The molecule has 0 aromatic heterocycles. The SMILES string of the molecule is CC(C)C[C@H](NC(=O)[C@H](Cc1ccccc1)N/C=C/NC(=O)CNC(=O)[C@@H](N)Cc1ccc(O)cc1)C(=O)O. The van der Waals surface area contributed by atoms with E-state index in [2.05, 4.69) is 21.3 Å². The summed E-state index contributed by atoms with van der Waals surface area (Å²) in [7, 11) is 0. The summed E-state index contributed by atoms with van der Waals surface area (Å²) in [6, 6.07) is 12.8. The lowest BCUT2D eigenvalue weighted by atomic mass is 10.0. The quantitative estimate of drug-likeness (QED) is 0.173. The molecule has 210 valence electrons. The Bertz CT molecular complexity index is 1120. The summed E-state index contributed by atoms with van der Waals surface area (Å²) < 4.78 is 0. The van der Waals surface area contributed by atoms with Crippen molar-refractivity contribution in [3.63, 3.8) is 0 Å². The topological polar surface area (TPSA) is 183 Å². The van der Waals surface area contributed by atoms with Crippen molar-refractivity contribution >= 4 is 23.7 Å². The predicted octanol–water partition coefficient (Wildman–Crippen LogP) is 0.782. The molecule has 11 nitrogen and oxygen atoms in total. The molecule has 0 saturated heterocycles. The van der Waals surface area contributed by atoms with Crippen LogP contribution in [0.15, 0.2) is 67.0 Å². The van der Waals surface area contributed by atoms with Crippen LogP contribution in [0.2, 0.25) is 0 Å². The zero-order valence-corrected chi connectivity index (χ0v) is 22.1. The van der Waals surface area contributed by atoms with Gasteiger partial charge >= 0.3 is 5.97 Å². The second kappa shape index (κ2) is 15.8. The van der Waals surface area contributed by atoms with Crippen LogP contribution < -0.4 is 27.0 Å². The largest absolute Gasteiger partial charge is 0.508 e. The van der Waals surface area contributed by atoms with Crippen molar-refractivity contribution in [3.05, 3.63) is 78.1 Å². The Morgan fingerprint density at radius 3 is 2.13 bits per heavy atom. The molecule has 0 aliphatic carbocycles. The van der Waals surface area contributed by atoms with Gasteiger partial charge in [0.1, 0.15) is 17.8 Å². The van der Waals surface area contributed by atoms with E-state index in [1.807, 2.05) is 44.2 Å². The molecule has 0 radical (unpaired) electrons. The maximum atomic E-state index is 12.9. The van der Waals surface area contributed by atoms with Gasteiger partial charge in [0.05, 0.1) is 12.6 Å². The highest BCUT2D eigenvalue weighted by molar-refractivity contribution is 5.88. The van der Waals surface area contributed by atoms with Crippen molar-refractivity contribution in [2.45, 2.75) is 51.2 Å². The number of amides is 3. The van der Waals surface area contributed by atoms with Gasteiger partial charge in [0.15, 0.2) is 0 Å². The molecule has 0 aliphatic heterocycles. The second-order valence-electron chi connectivity index (χ2n) is 9.53. The summed E-state index contributed by atoms with van der Waals surface area (Å²) in [5.41, 5.74) is 7.53. The Labute approximate surface area is 227 Å². The van der Waals surface area contributed by atoms with Crippen molar-refractivity contribution < 1.29 is 29.4 Å². The summed E-state index contributed by atoms with van der Waals surface area (Å²) in [4.78, 5) is 48.9. The number of aromatic hydroxyl groups is 1. The van der Waals surface area contributed by atoms with Crippen LogP contribution in [0.25, 0.3) is 0 Å². The van der Waals surface area contributed by atoms with E-state index in [0.717, 1.165) is 11.1 Å². The Hall–Kier alpha value is -4.38. The smallest absolute Gasteiger partial charge is 0.326 e. The lowest BCUT2D eigenvalue weighted by Crippen LogP contribution is -2.50. The molecular formula is C28H37N5O6. The van der Waals surface area contributed by atoms with Gasteiger partial charge in [-0.3, -0.25) is 14.4 Å². The summed E-state index contributed by atoms with van der Waals surface area (Å²) in [5.74, 6) is -2.43. The van der Waals surface area contributed by atoms with Gasteiger partial charge in [-0.25, -0.2) is 4.79 Å². The van der Waals surface area contributed by atoms with Gasteiger partial charge in [-0.05, 0) is 42.0 Å². The standard InChI is InChI=1S/C28H37N5O6/c1-18(2)14-24(28(38)39)33-27(37)23(16-19-6-4-3-5-7-19)30-12-13-31-25(35)17-32-26(36)22(29)15-20-8-10-21(34)11-9-20/h3-13,18,22-24,30,34H,14-17,29H2,1-2H3,(H,31,35)(H,32,36)(H,33,37)(H,38,39)/b13-12+/t22-,23-,24-/m0/s1. The summed E-state index contributed by atoms with van der Waals surface area (Å²) >= 11 is 0. The Morgan fingerprint density at radius 1 is 0.872 bits per heavy atom. The van der Waals surface area contributed by atoms with Crippen LogP contribution in [0.4, 0.5) is 0 Å². The molecule has 0 heterocycles. The minimum Gasteiger partial charge on any atom is -0.508 e. The molecule has 0 aliphatic rings. The van der Waals surface area contributed by atoms with Gasteiger partial charge in [-0.15, -0.1) is 0 Å². The second-order valence-corrected chi connectivity index (χ2v) is 9.53. The van der Waals surface area contributed by atoms with E-state index >= 15 is 0 Å². The van der Waals surface area contributed by atoms with Crippen LogP contribution in [0.1, 0.15) is 31.4 Å². The maximum absolute atomic E-state index is 12.9. The van der Waals surface area contributed by atoms with Crippen LogP contribution >= 0.6 is 0 Å². The molecule has 2 aromatic carbocycles. The van der Waals surface area contributed by atoms with Crippen molar-refractivity contribution in [1.82, 2.24) is 21.3 Å². The van der Waals surface area contributed by atoms with Gasteiger partial charge in [-0.2, -0.15) is 0 Å². The van der Waals surface area contributed by atoms with Crippen LogP contribution in [-0.2, 0) is 32.0 Å². The van der Waals surface area contributed by atoms with Gasteiger partial charge < -0.3 is 37.2 Å². The van der Waals surface area contributed by atoms with E-state index in [-0.39, 0.29) is 37.5 Å². The molecule has 2 aromatic rings. The molecule has 0 fully saturated rings. The van der Waals surface area contributed by atoms with Crippen molar-refractivity contribution in [2.24, 2.45) is 11.7 Å². The van der Waals surface area contributed by atoms with Crippen LogP contribution in [-0.4, -0.2) is 58.6 Å². The van der Waals surface area contributed by atoms with E-state index in [0.29, 0.717) is 0 Å². The number of nitrogens with two attached hydrogens (primary N) is 1. The Morgan fingerprint density at radius 2 is 1.51 bits per heavy atom. The molecule has 39 heavy (non-hydrogen) atoms. The molecule has 3 atom stereocenters. The number of hydrogen-bond donors (Lipinski definition) is 7. The number of benzene rings is 2. The Balaban J connectivity index is 1.88. The third kappa shape index (κ3) is 11.7. The number of carbonyl (C=O) groups is 4. The average Bonchev–Trinajstić information content (AvgIpc) is 2.90. The third-order valence-corrected chi connectivity index (χ3v) is 5.70. The first kappa shape index (κ1) is 30.8.